The van der Waals surface area contributed by atoms with Crippen LogP contribution < -0.4 is 29.1 Å². The van der Waals surface area contributed by atoms with E-state index in [1.165, 1.54) is 21.5 Å². The molecule has 0 spiro atoms. The summed E-state index contributed by atoms with van der Waals surface area (Å²) in [5, 5.41) is 9.04. The van der Waals surface area contributed by atoms with Gasteiger partial charge in [0.05, 0.1) is 25.6 Å². The number of ether oxygens (including phenoxy) is 2. The molecule has 16 rings (SSSR count). The largest absolute Gasteiger partial charge is 0.496 e. The van der Waals surface area contributed by atoms with Gasteiger partial charge in [-0.1, -0.05) is 218 Å². The number of methoxy groups -OCH3 is 2. The highest BCUT2D eigenvalue weighted by Crippen LogP contribution is 2.49. The van der Waals surface area contributed by atoms with Crippen molar-refractivity contribution < 1.29 is 9.47 Å². The normalized spacial score (nSPS) is 11.2. The number of hydrogen-bond acceptors (Lipinski definition) is 6. The van der Waals surface area contributed by atoms with Gasteiger partial charge in [0.2, 0.25) is 0 Å². The van der Waals surface area contributed by atoms with Crippen LogP contribution in [0.1, 0.15) is 0 Å². The summed E-state index contributed by atoms with van der Waals surface area (Å²) in [4.78, 5) is 9.35. The van der Waals surface area contributed by atoms with Crippen LogP contribution in [0.25, 0.3) is 76.5 Å². The Balaban J connectivity index is 0.710. The molecule has 0 saturated heterocycles. The van der Waals surface area contributed by atoms with Crippen molar-refractivity contribution in [3.05, 3.63) is 364 Å². The molecular weight excluding hydrogens is 1170 g/mol. The van der Waals surface area contributed by atoms with Gasteiger partial charge in [-0.15, -0.1) is 0 Å². The Morgan fingerprint density at radius 2 is 0.458 bits per heavy atom. The van der Waals surface area contributed by atoms with E-state index in [0.29, 0.717) is 0 Å². The van der Waals surface area contributed by atoms with Crippen molar-refractivity contribution >= 4 is 111 Å². The average molecular weight is 1240 g/mol. The van der Waals surface area contributed by atoms with E-state index >= 15 is 0 Å². The fourth-order valence-corrected chi connectivity index (χ4v) is 13.8. The minimum Gasteiger partial charge on any atom is -0.496 e. The first-order valence-electron chi connectivity index (χ1n) is 32.5. The smallest absolute Gasteiger partial charge is 0.127 e. The fourth-order valence-electron chi connectivity index (χ4n) is 13.8. The zero-order valence-corrected chi connectivity index (χ0v) is 53.2. The van der Waals surface area contributed by atoms with E-state index in [0.717, 1.165) is 135 Å². The van der Waals surface area contributed by atoms with E-state index in [1.807, 2.05) is 0 Å². The van der Waals surface area contributed by atoms with E-state index in [9.17, 15) is 0 Å². The van der Waals surface area contributed by atoms with Crippen LogP contribution in [0.5, 0.6) is 11.5 Å². The maximum atomic E-state index is 6.30. The number of nitrogens with zero attached hydrogens (tertiary/aromatic N) is 4. The highest BCUT2D eigenvalue weighted by molar-refractivity contribution is 6.11. The lowest BCUT2D eigenvalue weighted by Crippen LogP contribution is -2.10. The molecule has 0 saturated carbocycles. The molecule has 0 bridgehead atoms. The van der Waals surface area contributed by atoms with Crippen molar-refractivity contribution in [3.8, 4) is 44.9 Å². The first-order valence-corrected chi connectivity index (χ1v) is 32.5. The third-order valence-electron chi connectivity index (χ3n) is 18.4. The van der Waals surface area contributed by atoms with Crippen molar-refractivity contribution in [3.63, 3.8) is 0 Å². The predicted octanol–water partition coefficient (Wildman–Crippen LogP) is 25.2. The molecule has 0 amide bonds. The van der Waals surface area contributed by atoms with Gasteiger partial charge in [-0.25, -0.2) is 0 Å². The maximum Gasteiger partial charge on any atom is 0.127 e. The summed E-state index contributed by atoms with van der Waals surface area (Å²) in [6, 6.07) is 130. The van der Waals surface area contributed by atoms with Crippen LogP contribution in [-0.4, -0.2) is 14.2 Å². The van der Waals surface area contributed by atoms with E-state index < -0.39 is 0 Å². The topological polar surface area (TPSA) is 31.4 Å². The molecule has 0 heterocycles. The first kappa shape index (κ1) is 58.4. The van der Waals surface area contributed by atoms with Crippen LogP contribution in [0.3, 0.4) is 0 Å². The number of para-hydroxylation sites is 4. The Bertz CT molecular complexity index is 5070. The molecule has 0 aliphatic carbocycles. The summed E-state index contributed by atoms with van der Waals surface area (Å²) in [6.07, 6.45) is 0. The van der Waals surface area contributed by atoms with E-state index in [2.05, 4.69) is 384 Å². The second kappa shape index (κ2) is 25.8. The SMILES string of the molecule is COc1ccc2cc(N(c3ccccc3)c3ccc(-c4ccc(N(c5ccccc5)c5cccc6ccccc56)cc4)cc3)ccc2c1-c1c(OC)ccc2cc(N(c3ccccc3)c3ccc(-c4ccc(N(c5ccccc5)c5cccc6ccccc56)cc4)cc3)ccc12. The summed E-state index contributed by atoms with van der Waals surface area (Å²) < 4.78 is 12.6. The van der Waals surface area contributed by atoms with Gasteiger partial charge in [0, 0.05) is 78.8 Å². The van der Waals surface area contributed by atoms with Gasteiger partial charge in [-0.05, 0) is 200 Å². The molecule has 0 fully saturated rings. The van der Waals surface area contributed by atoms with Crippen LogP contribution >= 0.6 is 0 Å². The van der Waals surface area contributed by atoms with Crippen molar-refractivity contribution in [2.24, 2.45) is 0 Å². The lowest BCUT2D eigenvalue weighted by molar-refractivity contribution is 0.411. The lowest BCUT2D eigenvalue weighted by Gasteiger charge is -2.27. The Kier molecular flexibility index (Phi) is 15.7. The molecule has 458 valence electrons. The minimum absolute atomic E-state index is 0.758. The third kappa shape index (κ3) is 11.1. The molecule has 0 N–H and O–H groups in total. The van der Waals surface area contributed by atoms with Gasteiger partial charge < -0.3 is 29.1 Å². The second-order valence-electron chi connectivity index (χ2n) is 24.0. The second-order valence-corrected chi connectivity index (χ2v) is 24.0. The van der Waals surface area contributed by atoms with Crippen molar-refractivity contribution in [2.75, 3.05) is 33.8 Å². The van der Waals surface area contributed by atoms with Crippen LogP contribution in [-0.2, 0) is 0 Å². The number of fused-ring (bicyclic) bond motifs is 4. The van der Waals surface area contributed by atoms with Crippen molar-refractivity contribution in [2.45, 2.75) is 0 Å². The van der Waals surface area contributed by atoms with Crippen LogP contribution in [0.2, 0.25) is 0 Å². The van der Waals surface area contributed by atoms with Crippen molar-refractivity contribution in [1.82, 2.24) is 0 Å². The molecule has 0 radical (unpaired) electrons. The molecule has 0 unspecified atom stereocenters. The third-order valence-corrected chi connectivity index (χ3v) is 18.4. The summed E-state index contributed by atoms with van der Waals surface area (Å²) in [5.74, 6) is 1.52. The molecule has 0 aromatic heterocycles. The summed E-state index contributed by atoms with van der Waals surface area (Å²) in [5.41, 5.74) is 19.4. The molecule has 6 nitrogen and oxygen atoms in total. The lowest BCUT2D eigenvalue weighted by atomic mass is 9.91. The Morgan fingerprint density at radius 3 is 0.792 bits per heavy atom. The highest BCUT2D eigenvalue weighted by Gasteiger charge is 2.24. The standard InChI is InChI=1S/C90H66N4O2/c1-95-87-59-45-69-61-79(91(71-25-7-3-8-26-71)75-47-37-63(38-48-75)65-41-51-77(52-42-65)93(73-29-11-5-12-30-73)85-35-19-23-67-21-15-17-33-81(67)85)55-57-83(69)89(87)90-84-58-56-80(62-70(84)46-60-88(90)96-2)92(72-27-9-4-10-28-72)76-49-39-64(40-50-76)66-43-53-78(54-44-66)94(74-31-13-6-14-32-74)86-36-20-24-68-22-16-18-34-82(68)86/h3-62H,1-2H3. The van der Waals surface area contributed by atoms with Gasteiger partial charge in [-0.2, -0.15) is 0 Å². The van der Waals surface area contributed by atoms with Crippen LogP contribution in [0.4, 0.5) is 68.2 Å². The zero-order valence-electron chi connectivity index (χ0n) is 53.2. The number of rotatable bonds is 17. The van der Waals surface area contributed by atoms with Gasteiger partial charge in [0.1, 0.15) is 11.5 Å². The number of benzene rings is 16. The molecule has 16 aromatic carbocycles. The molecule has 0 aliphatic heterocycles. The maximum absolute atomic E-state index is 6.30. The Morgan fingerprint density at radius 1 is 0.188 bits per heavy atom. The molecular formula is C90H66N4O2. The summed E-state index contributed by atoms with van der Waals surface area (Å²) in [6.45, 7) is 0. The number of anilines is 12. The van der Waals surface area contributed by atoms with Crippen LogP contribution in [0.15, 0.2) is 364 Å². The fraction of sp³-hybridized carbons (Fsp3) is 0.0222. The molecule has 6 heteroatoms. The molecule has 0 aliphatic rings. The average Bonchev–Trinajstić information content (AvgIpc) is 0.757. The van der Waals surface area contributed by atoms with E-state index in [-0.39, 0.29) is 0 Å². The van der Waals surface area contributed by atoms with E-state index in [4.69, 9.17) is 9.47 Å². The van der Waals surface area contributed by atoms with Crippen molar-refractivity contribution in [1.29, 1.82) is 0 Å². The monoisotopic (exact) mass is 1230 g/mol. The van der Waals surface area contributed by atoms with Gasteiger partial charge in [0.15, 0.2) is 0 Å². The quantitative estimate of drug-likeness (QED) is 0.0903. The zero-order chi connectivity index (χ0) is 64.3. The van der Waals surface area contributed by atoms with Crippen LogP contribution in [0, 0.1) is 0 Å². The van der Waals surface area contributed by atoms with Gasteiger partial charge in [0.25, 0.3) is 0 Å². The summed E-state index contributed by atoms with van der Waals surface area (Å²) in [7, 11) is 3.50. The number of hydrogen-bond donors (Lipinski definition) is 0. The predicted molar refractivity (Wildman–Crippen MR) is 405 cm³/mol. The molecule has 16 aromatic rings. The highest BCUT2D eigenvalue weighted by atomic mass is 16.5. The molecule has 96 heavy (non-hydrogen) atoms. The van der Waals surface area contributed by atoms with E-state index in [1.54, 1.807) is 14.2 Å². The Hall–Kier alpha value is -12.6. The van der Waals surface area contributed by atoms with Gasteiger partial charge in [-0.3, -0.25) is 0 Å². The molecule has 0 atom stereocenters. The van der Waals surface area contributed by atoms with Gasteiger partial charge >= 0.3 is 0 Å². The summed E-state index contributed by atoms with van der Waals surface area (Å²) >= 11 is 0. The first-order chi connectivity index (χ1) is 47.5. The Labute approximate surface area is 560 Å². The minimum atomic E-state index is 0.758.